The van der Waals surface area contributed by atoms with E-state index in [0.29, 0.717) is 5.92 Å². The first-order valence-electron chi connectivity index (χ1n) is 8.49. The summed E-state index contributed by atoms with van der Waals surface area (Å²) in [5.74, 6) is 5.28. The summed E-state index contributed by atoms with van der Waals surface area (Å²) in [5, 5.41) is 15.2. The number of nitrogens with one attached hydrogen (secondary N) is 2. The second-order valence-corrected chi connectivity index (χ2v) is 6.45. The van der Waals surface area contributed by atoms with Crippen LogP contribution in [0.3, 0.4) is 0 Å². The highest BCUT2D eigenvalue weighted by Gasteiger charge is 2.22. The SMILES string of the molecule is CN=C(NCC1CCc2nnc(C)n2C1)NC(C)c1ccc(C)o1. The molecule has 0 aromatic carbocycles. The number of guanidine groups is 1. The van der Waals surface area contributed by atoms with Gasteiger partial charge in [0.05, 0.1) is 6.04 Å². The van der Waals surface area contributed by atoms with Crippen LogP contribution < -0.4 is 10.6 Å². The molecule has 7 heteroatoms. The minimum atomic E-state index is 0.0722. The van der Waals surface area contributed by atoms with Crippen LogP contribution >= 0.6 is 0 Å². The van der Waals surface area contributed by atoms with E-state index in [4.69, 9.17) is 4.42 Å². The van der Waals surface area contributed by atoms with E-state index < -0.39 is 0 Å². The van der Waals surface area contributed by atoms with Gasteiger partial charge in [0.2, 0.25) is 0 Å². The van der Waals surface area contributed by atoms with Crippen molar-refractivity contribution in [3.05, 3.63) is 35.3 Å². The third kappa shape index (κ3) is 3.60. The summed E-state index contributed by atoms with van der Waals surface area (Å²) >= 11 is 0. The van der Waals surface area contributed by atoms with E-state index >= 15 is 0 Å². The molecule has 3 rings (SSSR count). The summed E-state index contributed by atoms with van der Waals surface area (Å²) in [5.41, 5.74) is 0. The maximum Gasteiger partial charge on any atom is 0.191 e. The zero-order chi connectivity index (χ0) is 17.1. The number of aliphatic imine (C=N–C) groups is 1. The van der Waals surface area contributed by atoms with Gasteiger partial charge in [0.15, 0.2) is 5.96 Å². The Labute approximate surface area is 142 Å². The lowest BCUT2D eigenvalue weighted by molar-refractivity contribution is 0.357. The smallest absolute Gasteiger partial charge is 0.191 e. The molecule has 0 bridgehead atoms. The molecule has 0 amide bonds. The number of rotatable bonds is 4. The number of aryl methyl sites for hydroxylation is 3. The molecule has 2 aromatic heterocycles. The van der Waals surface area contributed by atoms with Crippen molar-refractivity contribution in [2.75, 3.05) is 13.6 Å². The van der Waals surface area contributed by atoms with Crippen LogP contribution in [0, 0.1) is 19.8 Å². The van der Waals surface area contributed by atoms with Gasteiger partial charge in [-0.15, -0.1) is 10.2 Å². The van der Waals surface area contributed by atoms with Crippen molar-refractivity contribution >= 4 is 5.96 Å². The van der Waals surface area contributed by atoms with Gasteiger partial charge in [0.1, 0.15) is 23.2 Å². The largest absolute Gasteiger partial charge is 0.464 e. The summed E-state index contributed by atoms with van der Waals surface area (Å²) in [4.78, 5) is 4.32. The first-order chi connectivity index (χ1) is 11.6. The molecule has 0 radical (unpaired) electrons. The minimum absolute atomic E-state index is 0.0722. The van der Waals surface area contributed by atoms with Crippen molar-refractivity contribution in [2.45, 2.75) is 46.2 Å². The highest BCUT2D eigenvalue weighted by atomic mass is 16.3. The second-order valence-electron chi connectivity index (χ2n) is 6.45. The third-order valence-corrected chi connectivity index (χ3v) is 4.55. The van der Waals surface area contributed by atoms with E-state index in [0.717, 1.165) is 55.1 Å². The van der Waals surface area contributed by atoms with Gasteiger partial charge in [-0.3, -0.25) is 4.99 Å². The number of aromatic nitrogens is 3. The van der Waals surface area contributed by atoms with Crippen LogP contribution in [0.2, 0.25) is 0 Å². The van der Waals surface area contributed by atoms with Crippen molar-refractivity contribution in [1.29, 1.82) is 0 Å². The van der Waals surface area contributed by atoms with Gasteiger partial charge in [-0.1, -0.05) is 0 Å². The van der Waals surface area contributed by atoms with E-state index in [1.807, 2.05) is 26.0 Å². The molecule has 2 aromatic rings. The highest BCUT2D eigenvalue weighted by Crippen LogP contribution is 2.19. The Bertz CT molecular complexity index is 716. The van der Waals surface area contributed by atoms with Gasteiger partial charge in [-0.25, -0.2) is 0 Å². The van der Waals surface area contributed by atoms with Crippen LogP contribution in [-0.4, -0.2) is 34.3 Å². The fourth-order valence-corrected chi connectivity index (χ4v) is 3.09. The summed E-state index contributed by atoms with van der Waals surface area (Å²) in [6.45, 7) is 7.87. The van der Waals surface area contributed by atoms with E-state index in [-0.39, 0.29) is 6.04 Å². The first kappa shape index (κ1) is 16.5. The quantitative estimate of drug-likeness (QED) is 0.662. The maximum atomic E-state index is 5.67. The van der Waals surface area contributed by atoms with Crippen LogP contribution in [0.4, 0.5) is 0 Å². The van der Waals surface area contributed by atoms with Crippen molar-refractivity contribution in [1.82, 2.24) is 25.4 Å². The molecule has 7 nitrogen and oxygen atoms in total. The normalized spacial score (nSPS) is 19.0. The Hall–Kier alpha value is -2.31. The van der Waals surface area contributed by atoms with Crippen molar-refractivity contribution in [3.8, 4) is 0 Å². The fraction of sp³-hybridized carbons (Fsp3) is 0.588. The van der Waals surface area contributed by atoms with E-state index in [1.165, 1.54) is 0 Å². The lowest BCUT2D eigenvalue weighted by Crippen LogP contribution is -2.42. The zero-order valence-corrected chi connectivity index (χ0v) is 14.8. The van der Waals surface area contributed by atoms with E-state index in [2.05, 4.69) is 37.3 Å². The Kier molecular flexibility index (Phi) is 4.87. The molecule has 130 valence electrons. The van der Waals surface area contributed by atoms with E-state index in [9.17, 15) is 0 Å². The number of furan rings is 1. The molecule has 2 N–H and O–H groups in total. The zero-order valence-electron chi connectivity index (χ0n) is 14.8. The van der Waals surface area contributed by atoms with Gasteiger partial charge >= 0.3 is 0 Å². The minimum Gasteiger partial charge on any atom is -0.464 e. The average Bonchev–Trinajstić information content (AvgIpc) is 3.17. The van der Waals surface area contributed by atoms with E-state index in [1.54, 1.807) is 7.05 Å². The van der Waals surface area contributed by atoms with Gasteiger partial charge in [0, 0.05) is 26.6 Å². The number of hydrogen-bond donors (Lipinski definition) is 2. The van der Waals surface area contributed by atoms with Gasteiger partial charge < -0.3 is 19.6 Å². The molecule has 2 atom stereocenters. The Morgan fingerprint density at radius 1 is 1.42 bits per heavy atom. The first-order valence-corrected chi connectivity index (χ1v) is 8.49. The lowest BCUT2D eigenvalue weighted by Gasteiger charge is -2.25. The summed E-state index contributed by atoms with van der Waals surface area (Å²) < 4.78 is 7.89. The highest BCUT2D eigenvalue weighted by molar-refractivity contribution is 5.80. The number of nitrogens with zero attached hydrogens (tertiary/aromatic N) is 4. The summed E-state index contributed by atoms with van der Waals surface area (Å²) in [7, 11) is 1.79. The number of fused-ring (bicyclic) bond motifs is 1. The Morgan fingerprint density at radius 2 is 2.25 bits per heavy atom. The van der Waals surface area contributed by atoms with Crippen LogP contribution in [0.15, 0.2) is 21.5 Å². The molecule has 0 saturated carbocycles. The molecule has 2 unspecified atom stereocenters. The van der Waals surface area contributed by atoms with Crippen LogP contribution in [-0.2, 0) is 13.0 Å². The fourth-order valence-electron chi connectivity index (χ4n) is 3.09. The molecule has 24 heavy (non-hydrogen) atoms. The predicted molar refractivity (Wildman–Crippen MR) is 92.9 cm³/mol. The predicted octanol–water partition coefficient (Wildman–Crippen LogP) is 1.98. The standard InChI is InChI=1S/C17H26N6O/c1-11-5-7-15(24-11)12(2)20-17(18-4)19-9-14-6-8-16-22-21-13(3)23(16)10-14/h5,7,12,14H,6,8-10H2,1-4H3,(H2,18,19,20). The van der Waals surface area contributed by atoms with Crippen molar-refractivity contribution in [2.24, 2.45) is 10.9 Å². The lowest BCUT2D eigenvalue weighted by atomic mass is 9.99. The molecular formula is C17H26N6O. The van der Waals surface area contributed by atoms with Crippen molar-refractivity contribution < 1.29 is 4.42 Å². The number of hydrogen-bond acceptors (Lipinski definition) is 4. The maximum absolute atomic E-state index is 5.67. The van der Waals surface area contributed by atoms with Gasteiger partial charge in [0.25, 0.3) is 0 Å². The molecule has 0 spiro atoms. The third-order valence-electron chi connectivity index (χ3n) is 4.55. The molecule has 1 aliphatic heterocycles. The summed E-state index contributed by atoms with van der Waals surface area (Å²) in [6, 6.07) is 4.05. The Morgan fingerprint density at radius 3 is 2.96 bits per heavy atom. The second kappa shape index (κ2) is 7.07. The average molecular weight is 330 g/mol. The summed E-state index contributed by atoms with van der Waals surface area (Å²) in [6.07, 6.45) is 2.11. The van der Waals surface area contributed by atoms with Crippen LogP contribution in [0.25, 0.3) is 0 Å². The molecule has 3 heterocycles. The molecule has 1 aliphatic rings. The molecule has 0 saturated heterocycles. The molecular weight excluding hydrogens is 304 g/mol. The van der Waals surface area contributed by atoms with Crippen molar-refractivity contribution in [3.63, 3.8) is 0 Å². The van der Waals surface area contributed by atoms with Crippen LogP contribution in [0.5, 0.6) is 0 Å². The molecule has 0 fully saturated rings. The van der Waals surface area contributed by atoms with Crippen LogP contribution in [0.1, 0.15) is 42.6 Å². The van der Waals surface area contributed by atoms with Gasteiger partial charge in [-0.05, 0) is 45.2 Å². The topological polar surface area (TPSA) is 80.3 Å². The molecule has 0 aliphatic carbocycles. The monoisotopic (exact) mass is 330 g/mol. The Balaban J connectivity index is 1.52. The van der Waals surface area contributed by atoms with Gasteiger partial charge in [-0.2, -0.15) is 0 Å².